The third-order valence-corrected chi connectivity index (χ3v) is 3.17. The second-order valence-electron chi connectivity index (χ2n) is 4.63. The van der Waals surface area contributed by atoms with Crippen LogP contribution in [0.1, 0.15) is 24.3 Å². The van der Waals surface area contributed by atoms with Crippen molar-refractivity contribution in [1.29, 1.82) is 0 Å². The highest BCUT2D eigenvalue weighted by Gasteiger charge is 2.26. The van der Waals surface area contributed by atoms with Crippen molar-refractivity contribution in [2.45, 2.75) is 24.9 Å². The second kappa shape index (κ2) is 5.61. The van der Waals surface area contributed by atoms with Crippen molar-refractivity contribution < 1.29 is 13.2 Å². The fourth-order valence-electron chi connectivity index (χ4n) is 2.21. The number of nitrogens with one attached hydrogen (secondary N) is 2. The van der Waals surface area contributed by atoms with Crippen LogP contribution < -0.4 is 10.6 Å². The number of rotatable bonds is 3. The molecule has 5 heteroatoms. The first-order valence-corrected chi connectivity index (χ1v) is 6.16. The standard InChI is InChI=1S/C13H17F3N2/c14-13(15,16)9-18-12-5-3-10(4-6-12)11-2-1-7-17-8-11/h3-6,11,17-18H,1-2,7-9H2. The van der Waals surface area contributed by atoms with Crippen LogP contribution in [0, 0.1) is 0 Å². The first-order valence-electron chi connectivity index (χ1n) is 6.16. The van der Waals surface area contributed by atoms with Gasteiger partial charge in [0.15, 0.2) is 0 Å². The minimum Gasteiger partial charge on any atom is -0.376 e. The van der Waals surface area contributed by atoms with Crippen LogP contribution in [-0.4, -0.2) is 25.8 Å². The van der Waals surface area contributed by atoms with Gasteiger partial charge in [-0.15, -0.1) is 0 Å². The van der Waals surface area contributed by atoms with Crippen LogP contribution in [0.25, 0.3) is 0 Å². The summed E-state index contributed by atoms with van der Waals surface area (Å²) in [6.45, 7) is 1.02. The zero-order valence-corrected chi connectivity index (χ0v) is 10.1. The lowest BCUT2D eigenvalue weighted by atomic mass is 9.92. The van der Waals surface area contributed by atoms with Crippen LogP contribution in [0.5, 0.6) is 0 Å². The third kappa shape index (κ3) is 3.91. The summed E-state index contributed by atoms with van der Waals surface area (Å²) in [5, 5.41) is 5.70. The van der Waals surface area contributed by atoms with E-state index in [1.54, 1.807) is 12.1 Å². The van der Waals surface area contributed by atoms with Crippen LogP contribution >= 0.6 is 0 Å². The van der Waals surface area contributed by atoms with Gasteiger partial charge in [0.05, 0.1) is 0 Å². The van der Waals surface area contributed by atoms with E-state index in [0.717, 1.165) is 25.9 Å². The summed E-state index contributed by atoms with van der Waals surface area (Å²) in [6, 6.07) is 7.26. The number of halogens is 3. The Hall–Kier alpha value is -1.23. The van der Waals surface area contributed by atoms with Crippen molar-refractivity contribution in [3.8, 4) is 0 Å². The Morgan fingerprint density at radius 3 is 2.50 bits per heavy atom. The van der Waals surface area contributed by atoms with E-state index < -0.39 is 12.7 Å². The summed E-state index contributed by atoms with van der Waals surface area (Å²) >= 11 is 0. The second-order valence-corrected chi connectivity index (χ2v) is 4.63. The molecule has 1 aliphatic rings. The zero-order chi connectivity index (χ0) is 13.0. The molecule has 0 aromatic heterocycles. The molecule has 0 saturated carbocycles. The summed E-state index contributed by atoms with van der Waals surface area (Å²) in [5.41, 5.74) is 1.71. The molecule has 18 heavy (non-hydrogen) atoms. The van der Waals surface area contributed by atoms with Crippen LogP contribution in [0.2, 0.25) is 0 Å². The maximum atomic E-state index is 12.0. The van der Waals surface area contributed by atoms with E-state index in [1.807, 2.05) is 12.1 Å². The first-order chi connectivity index (χ1) is 8.54. The van der Waals surface area contributed by atoms with Crippen LogP contribution in [0.4, 0.5) is 18.9 Å². The van der Waals surface area contributed by atoms with Crippen molar-refractivity contribution in [2.75, 3.05) is 25.0 Å². The van der Waals surface area contributed by atoms with Gasteiger partial charge < -0.3 is 10.6 Å². The summed E-state index contributed by atoms with van der Waals surface area (Å²) < 4.78 is 36.1. The normalized spacial score (nSPS) is 20.7. The highest BCUT2D eigenvalue weighted by molar-refractivity contribution is 5.45. The van der Waals surface area contributed by atoms with Crippen LogP contribution in [0.15, 0.2) is 24.3 Å². The van der Waals surface area contributed by atoms with Gasteiger partial charge in [0.25, 0.3) is 0 Å². The molecule has 1 heterocycles. The summed E-state index contributed by atoms with van der Waals surface area (Å²) in [5.74, 6) is 0.482. The Morgan fingerprint density at radius 1 is 1.22 bits per heavy atom. The number of piperidine rings is 1. The average Bonchev–Trinajstić information content (AvgIpc) is 2.37. The lowest BCUT2D eigenvalue weighted by Gasteiger charge is -2.23. The molecular weight excluding hydrogens is 241 g/mol. The third-order valence-electron chi connectivity index (χ3n) is 3.17. The molecule has 0 aliphatic carbocycles. The number of anilines is 1. The van der Waals surface area contributed by atoms with E-state index >= 15 is 0 Å². The first kappa shape index (κ1) is 13.2. The van der Waals surface area contributed by atoms with Gasteiger partial charge in [0.1, 0.15) is 6.54 Å². The summed E-state index contributed by atoms with van der Waals surface area (Å²) in [7, 11) is 0. The van der Waals surface area contributed by atoms with Gasteiger partial charge >= 0.3 is 6.18 Å². The molecule has 2 N–H and O–H groups in total. The Balaban J connectivity index is 1.92. The number of benzene rings is 1. The lowest BCUT2D eigenvalue weighted by molar-refractivity contribution is -0.115. The van der Waals surface area contributed by atoms with E-state index in [1.165, 1.54) is 5.56 Å². The molecule has 1 unspecified atom stereocenters. The smallest absolute Gasteiger partial charge is 0.376 e. The molecule has 1 atom stereocenters. The number of alkyl halides is 3. The highest BCUT2D eigenvalue weighted by Crippen LogP contribution is 2.24. The Morgan fingerprint density at radius 2 is 1.94 bits per heavy atom. The van der Waals surface area contributed by atoms with Gasteiger partial charge in [-0.05, 0) is 43.0 Å². The molecule has 0 bridgehead atoms. The molecule has 2 nitrogen and oxygen atoms in total. The average molecular weight is 258 g/mol. The van der Waals surface area contributed by atoms with E-state index in [4.69, 9.17) is 0 Å². The minimum atomic E-state index is -4.17. The SMILES string of the molecule is FC(F)(F)CNc1ccc(C2CCCNC2)cc1. The Labute approximate surface area is 105 Å². The molecule has 1 aromatic rings. The lowest BCUT2D eigenvalue weighted by Crippen LogP contribution is -2.28. The molecule has 1 saturated heterocycles. The molecule has 1 aromatic carbocycles. The molecule has 1 aliphatic heterocycles. The Kier molecular flexibility index (Phi) is 4.11. The zero-order valence-electron chi connectivity index (χ0n) is 10.1. The van der Waals surface area contributed by atoms with Gasteiger partial charge in [-0.25, -0.2) is 0 Å². The number of hydrogen-bond acceptors (Lipinski definition) is 2. The molecule has 0 radical (unpaired) electrons. The Bertz CT molecular complexity index is 367. The van der Waals surface area contributed by atoms with Gasteiger partial charge in [-0.3, -0.25) is 0 Å². The molecule has 100 valence electrons. The molecule has 0 amide bonds. The maximum absolute atomic E-state index is 12.0. The van der Waals surface area contributed by atoms with Gasteiger partial charge in [-0.2, -0.15) is 13.2 Å². The van der Waals surface area contributed by atoms with Crippen molar-refractivity contribution in [3.05, 3.63) is 29.8 Å². The minimum absolute atomic E-state index is 0.482. The molecule has 1 fully saturated rings. The predicted octanol–water partition coefficient (Wildman–Crippen LogP) is 3.13. The van der Waals surface area contributed by atoms with Crippen LogP contribution in [-0.2, 0) is 0 Å². The summed E-state index contributed by atoms with van der Waals surface area (Å²) in [6.07, 6.45) is -1.88. The van der Waals surface area contributed by atoms with Gasteiger partial charge in [-0.1, -0.05) is 12.1 Å². The predicted molar refractivity (Wildman–Crippen MR) is 65.8 cm³/mol. The van der Waals surface area contributed by atoms with Crippen molar-refractivity contribution >= 4 is 5.69 Å². The van der Waals surface area contributed by atoms with E-state index in [2.05, 4.69) is 10.6 Å². The monoisotopic (exact) mass is 258 g/mol. The molecular formula is C13H17F3N2. The summed E-state index contributed by atoms with van der Waals surface area (Å²) in [4.78, 5) is 0. The van der Waals surface area contributed by atoms with Crippen molar-refractivity contribution in [2.24, 2.45) is 0 Å². The topological polar surface area (TPSA) is 24.1 Å². The van der Waals surface area contributed by atoms with E-state index in [-0.39, 0.29) is 0 Å². The van der Waals surface area contributed by atoms with Crippen molar-refractivity contribution in [1.82, 2.24) is 5.32 Å². The molecule has 0 spiro atoms. The van der Waals surface area contributed by atoms with Crippen molar-refractivity contribution in [3.63, 3.8) is 0 Å². The van der Waals surface area contributed by atoms with E-state index in [0.29, 0.717) is 11.6 Å². The maximum Gasteiger partial charge on any atom is 0.405 e. The van der Waals surface area contributed by atoms with E-state index in [9.17, 15) is 13.2 Å². The fraction of sp³-hybridized carbons (Fsp3) is 0.538. The fourth-order valence-corrected chi connectivity index (χ4v) is 2.21. The van der Waals surface area contributed by atoms with Gasteiger partial charge in [0, 0.05) is 12.2 Å². The largest absolute Gasteiger partial charge is 0.405 e. The van der Waals surface area contributed by atoms with Gasteiger partial charge in [0.2, 0.25) is 0 Å². The molecule has 2 rings (SSSR count). The highest BCUT2D eigenvalue weighted by atomic mass is 19.4. The van der Waals surface area contributed by atoms with Crippen LogP contribution in [0.3, 0.4) is 0 Å². The number of hydrogen-bond donors (Lipinski definition) is 2. The quantitative estimate of drug-likeness (QED) is 0.870.